The molecule has 2 aromatic heterocycles. The van der Waals surface area contributed by atoms with Crippen LogP contribution in [0.4, 0.5) is 24.8 Å². The van der Waals surface area contributed by atoms with Gasteiger partial charge in [-0.1, -0.05) is 23.7 Å². The second kappa shape index (κ2) is 8.10. The van der Waals surface area contributed by atoms with Gasteiger partial charge in [-0.25, -0.2) is 9.67 Å². The van der Waals surface area contributed by atoms with Crippen molar-refractivity contribution in [2.45, 2.75) is 24.7 Å². The molecule has 3 aromatic rings. The summed E-state index contributed by atoms with van der Waals surface area (Å²) in [6.45, 7) is 0. The van der Waals surface area contributed by atoms with Gasteiger partial charge in [-0.3, -0.25) is 4.79 Å². The fourth-order valence-electron chi connectivity index (χ4n) is 3.37. The molecule has 1 amide bonds. The van der Waals surface area contributed by atoms with Crippen LogP contribution in [0.3, 0.4) is 0 Å². The van der Waals surface area contributed by atoms with Crippen molar-refractivity contribution in [3.8, 4) is 5.75 Å². The molecule has 0 bridgehead atoms. The fraction of sp³-hybridized carbons (Fsp3) is 0.250. The van der Waals surface area contributed by atoms with Crippen molar-refractivity contribution in [3.63, 3.8) is 0 Å². The van der Waals surface area contributed by atoms with Gasteiger partial charge in [0.1, 0.15) is 17.4 Å². The minimum Gasteiger partial charge on any atom is -0.497 e. The van der Waals surface area contributed by atoms with Crippen molar-refractivity contribution >= 4 is 29.1 Å². The van der Waals surface area contributed by atoms with E-state index in [2.05, 4.69) is 20.7 Å². The average Bonchev–Trinajstić information content (AvgIpc) is 3.18. The Balaban J connectivity index is 1.62. The van der Waals surface area contributed by atoms with Gasteiger partial charge < -0.3 is 15.4 Å². The lowest BCUT2D eigenvalue weighted by atomic mass is 9.97. The van der Waals surface area contributed by atoms with Gasteiger partial charge in [0, 0.05) is 18.7 Å². The summed E-state index contributed by atoms with van der Waals surface area (Å²) in [5, 5.41) is 9.84. The molecule has 0 spiro atoms. The van der Waals surface area contributed by atoms with E-state index in [1.165, 1.54) is 31.5 Å². The lowest BCUT2D eigenvalue weighted by Crippen LogP contribution is -2.35. The largest absolute Gasteiger partial charge is 0.497 e. The molecule has 4 rings (SSSR count). The quantitative estimate of drug-likeness (QED) is 0.592. The number of nitrogens with one attached hydrogen (secondary N) is 2. The second-order valence-corrected chi connectivity index (χ2v) is 7.37. The van der Waals surface area contributed by atoms with Gasteiger partial charge in [-0.15, -0.1) is 0 Å². The van der Waals surface area contributed by atoms with Crippen LogP contribution in [0.15, 0.2) is 48.7 Å². The van der Waals surface area contributed by atoms with E-state index >= 15 is 0 Å². The van der Waals surface area contributed by atoms with E-state index in [0.29, 0.717) is 16.3 Å². The zero-order valence-electron chi connectivity index (χ0n) is 16.2. The summed E-state index contributed by atoms with van der Waals surface area (Å²) in [5.41, 5.74) is 0.503. The van der Waals surface area contributed by atoms with E-state index in [1.54, 1.807) is 24.3 Å². The summed E-state index contributed by atoms with van der Waals surface area (Å²) in [5.74, 6) is 0.229. The number of carbonyl (C=O) groups is 1. The molecule has 0 unspecified atom stereocenters. The lowest BCUT2D eigenvalue weighted by molar-refractivity contribution is -0.173. The molecule has 11 heteroatoms. The molecule has 0 fully saturated rings. The maximum Gasteiger partial charge on any atom is 0.410 e. The van der Waals surface area contributed by atoms with Gasteiger partial charge in [-0.2, -0.15) is 18.3 Å². The van der Waals surface area contributed by atoms with Crippen molar-refractivity contribution in [1.29, 1.82) is 0 Å². The number of methoxy groups -OCH3 is 1. The number of pyridine rings is 1. The third kappa shape index (κ3) is 4.43. The van der Waals surface area contributed by atoms with Gasteiger partial charge in [0.25, 0.3) is 5.91 Å². The summed E-state index contributed by atoms with van der Waals surface area (Å²) < 4.78 is 47.3. The van der Waals surface area contributed by atoms with Crippen LogP contribution in [0.25, 0.3) is 0 Å². The number of fused-ring (bicyclic) bond motifs is 1. The first-order valence-electron chi connectivity index (χ1n) is 9.24. The van der Waals surface area contributed by atoms with Gasteiger partial charge in [0.15, 0.2) is 11.7 Å². The number of ether oxygens (including phenoxy) is 1. The number of aromatic nitrogens is 3. The molecule has 2 N–H and O–H groups in total. The summed E-state index contributed by atoms with van der Waals surface area (Å²) in [6, 6.07) is 8.58. The number of hydrogen-bond donors (Lipinski definition) is 2. The summed E-state index contributed by atoms with van der Waals surface area (Å²) in [7, 11) is 1.51. The Morgan fingerprint density at radius 3 is 2.61 bits per heavy atom. The number of rotatable bonds is 4. The first-order valence-corrected chi connectivity index (χ1v) is 9.62. The van der Waals surface area contributed by atoms with Crippen LogP contribution in [0.5, 0.6) is 5.75 Å². The zero-order chi connectivity index (χ0) is 22.2. The molecule has 0 radical (unpaired) electrons. The lowest BCUT2D eigenvalue weighted by Gasteiger charge is -2.33. The van der Waals surface area contributed by atoms with E-state index in [9.17, 15) is 18.0 Å². The van der Waals surface area contributed by atoms with Crippen LogP contribution < -0.4 is 15.4 Å². The monoisotopic (exact) mass is 451 g/mol. The van der Waals surface area contributed by atoms with Crippen LogP contribution in [-0.4, -0.2) is 34.0 Å². The number of anilines is 2. The Hall–Kier alpha value is -3.27. The number of alkyl halides is 3. The third-order valence-electron chi connectivity index (χ3n) is 4.91. The molecule has 3 heterocycles. The van der Waals surface area contributed by atoms with Gasteiger partial charge in [0.2, 0.25) is 0 Å². The molecular formula is C20H17ClF3N5O2. The fourth-order valence-corrected chi connectivity index (χ4v) is 3.48. The predicted octanol–water partition coefficient (Wildman–Crippen LogP) is 4.85. The minimum atomic E-state index is -4.54. The average molecular weight is 452 g/mol. The molecule has 0 aliphatic carbocycles. The van der Waals surface area contributed by atoms with Gasteiger partial charge in [0.05, 0.1) is 18.2 Å². The Kier molecular flexibility index (Phi) is 5.48. The Labute approximate surface area is 180 Å². The van der Waals surface area contributed by atoms with E-state index in [4.69, 9.17) is 16.3 Å². The zero-order valence-corrected chi connectivity index (χ0v) is 16.9. The first-order chi connectivity index (χ1) is 14.7. The van der Waals surface area contributed by atoms with Crippen molar-refractivity contribution < 1.29 is 22.7 Å². The normalized spacial score (nSPS) is 18.1. The maximum absolute atomic E-state index is 13.8. The number of benzene rings is 1. The minimum absolute atomic E-state index is 0.101. The van der Waals surface area contributed by atoms with E-state index in [-0.39, 0.29) is 23.8 Å². The molecule has 0 saturated carbocycles. The standard InChI is InChI=1S/C20H17ClF3N5O2/c1-31-13-5-2-11(3-6-13)14-8-16(20(22,23)24)29-18(26-14)9-15(28-29)19(30)27-17-7-4-12(21)10-25-17/h2-7,9-10,14,16,26H,8H2,1H3,(H,25,27,30)/t14-,16-/m1/s1. The van der Waals surface area contributed by atoms with Crippen molar-refractivity contribution in [2.75, 3.05) is 17.7 Å². The molecule has 7 nitrogen and oxygen atoms in total. The Morgan fingerprint density at radius 2 is 2.00 bits per heavy atom. The van der Waals surface area contributed by atoms with E-state index in [0.717, 1.165) is 4.68 Å². The smallest absolute Gasteiger partial charge is 0.410 e. The van der Waals surface area contributed by atoms with E-state index in [1.807, 2.05) is 0 Å². The van der Waals surface area contributed by atoms with Crippen molar-refractivity contribution in [1.82, 2.24) is 14.8 Å². The highest BCUT2D eigenvalue weighted by Crippen LogP contribution is 2.43. The SMILES string of the molecule is COc1ccc([C@H]2C[C@H](C(F)(F)F)n3nc(C(=O)Nc4ccc(Cl)cn4)cc3N2)cc1. The van der Waals surface area contributed by atoms with Crippen molar-refractivity contribution in [3.05, 3.63) is 64.9 Å². The highest BCUT2D eigenvalue weighted by atomic mass is 35.5. The maximum atomic E-state index is 13.8. The molecule has 162 valence electrons. The molecule has 31 heavy (non-hydrogen) atoms. The Bertz CT molecular complexity index is 1080. The third-order valence-corrected chi connectivity index (χ3v) is 5.13. The highest BCUT2D eigenvalue weighted by molar-refractivity contribution is 6.30. The number of amides is 1. The molecule has 1 aliphatic rings. The molecule has 0 saturated heterocycles. The van der Waals surface area contributed by atoms with Gasteiger partial charge in [-0.05, 0) is 29.8 Å². The number of nitrogens with zero attached hydrogens (tertiary/aromatic N) is 3. The number of carbonyl (C=O) groups excluding carboxylic acids is 1. The second-order valence-electron chi connectivity index (χ2n) is 6.94. The van der Waals surface area contributed by atoms with Crippen LogP contribution in [0, 0.1) is 0 Å². The molecular weight excluding hydrogens is 435 g/mol. The van der Waals surface area contributed by atoms with Crippen LogP contribution in [-0.2, 0) is 0 Å². The predicted molar refractivity (Wildman–Crippen MR) is 108 cm³/mol. The highest BCUT2D eigenvalue weighted by Gasteiger charge is 2.46. The van der Waals surface area contributed by atoms with Gasteiger partial charge >= 0.3 is 6.18 Å². The van der Waals surface area contributed by atoms with Crippen LogP contribution in [0.1, 0.15) is 34.6 Å². The number of hydrogen-bond acceptors (Lipinski definition) is 5. The molecule has 2 atom stereocenters. The van der Waals surface area contributed by atoms with Crippen molar-refractivity contribution in [2.24, 2.45) is 0 Å². The topological polar surface area (TPSA) is 81.1 Å². The van der Waals surface area contributed by atoms with E-state index < -0.39 is 24.2 Å². The molecule has 1 aromatic carbocycles. The summed E-state index contributed by atoms with van der Waals surface area (Å²) in [4.78, 5) is 16.5. The van der Waals surface area contributed by atoms with Crippen LogP contribution >= 0.6 is 11.6 Å². The summed E-state index contributed by atoms with van der Waals surface area (Å²) in [6.07, 6.45) is -3.47. The van der Waals surface area contributed by atoms with Crippen LogP contribution in [0.2, 0.25) is 5.02 Å². The Morgan fingerprint density at radius 1 is 1.26 bits per heavy atom. The number of halogens is 4. The molecule has 1 aliphatic heterocycles. The summed E-state index contributed by atoms with van der Waals surface area (Å²) >= 11 is 5.76. The first kappa shape index (κ1) is 21.0.